The lowest BCUT2D eigenvalue weighted by molar-refractivity contribution is -0.136. The minimum absolute atomic E-state index is 0.0572. The van der Waals surface area contributed by atoms with E-state index in [0.717, 1.165) is 16.4 Å². The predicted molar refractivity (Wildman–Crippen MR) is 74.3 cm³/mol. The van der Waals surface area contributed by atoms with Gasteiger partial charge in [-0.3, -0.25) is 0 Å². The van der Waals surface area contributed by atoms with E-state index in [9.17, 15) is 13.2 Å². The molecular formula is C14H18F3NOS. The van der Waals surface area contributed by atoms with Crippen LogP contribution in [0.25, 0.3) is 0 Å². The van der Waals surface area contributed by atoms with E-state index in [4.69, 9.17) is 4.74 Å². The van der Waals surface area contributed by atoms with E-state index in [1.165, 1.54) is 0 Å². The fourth-order valence-electron chi connectivity index (χ4n) is 2.27. The first-order valence-electron chi connectivity index (χ1n) is 6.62. The lowest BCUT2D eigenvalue weighted by Crippen LogP contribution is -2.44. The third kappa shape index (κ3) is 4.31. The van der Waals surface area contributed by atoms with E-state index in [2.05, 4.69) is 5.32 Å². The highest BCUT2D eigenvalue weighted by atomic mass is 32.2. The number of nitrogens with one attached hydrogen (secondary N) is 1. The minimum Gasteiger partial charge on any atom is -0.487 e. The number of para-hydroxylation sites is 1. The number of fused-ring (bicyclic) bond motifs is 1. The zero-order valence-electron chi connectivity index (χ0n) is 11.2. The number of hydrogen-bond acceptors (Lipinski definition) is 3. The Morgan fingerprint density at radius 2 is 2.15 bits per heavy atom. The number of likely N-dealkylation sites (N-methyl/N-ethyl adjacent to an activating group) is 1. The average Bonchev–Trinajstić information content (AvgIpc) is 2.42. The Bertz CT molecular complexity index is 439. The van der Waals surface area contributed by atoms with Crippen LogP contribution in [0, 0.1) is 0 Å². The van der Waals surface area contributed by atoms with Crippen LogP contribution in [0.3, 0.4) is 0 Å². The molecule has 0 aromatic heterocycles. The summed E-state index contributed by atoms with van der Waals surface area (Å²) < 4.78 is 42.5. The fraction of sp³-hybridized carbons (Fsp3) is 0.571. The maximum absolute atomic E-state index is 12.2. The van der Waals surface area contributed by atoms with Crippen LogP contribution < -0.4 is 10.1 Å². The molecule has 0 fully saturated rings. The summed E-state index contributed by atoms with van der Waals surface area (Å²) in [5, 5.41) is 3.08. The molecule has 1 aromatic rings. The molecule has 1 aliphatic rings. The van der Waals surface area contributed by atoms with Gasteiger partial charge in [0.1, 0.15) is 11.9 Å². The molecule has 1 aromatic carbocycles. The van der Waals surface area contributed by atoms with Crippen molar-refractivity contribution < 1.29 is 17.9 Å². The number of ether oxygens (including phenoxy) is 1. The summed E-state index contributed by atoms with van der Waals surface area (Å²) in [6, 6.07) is 7.69. The Hall–Kier alpha value is -0.880. The molecule has 2 atom stereocenters. The van der Waals surface area contributed by atoms with E-state index in [1.807, 2.05) is 24.3 Å². The minimum atomic E-state index is -4.08. The molecule has 0 saturated carbocycles. The SMILES string of the molecule is CNC(CCCC(F)(F)F)C1CSc2ccccc2O1. The number of benzene rings is 1. The van der Waals surface area contributed by atoms with Crippen LogP contribution >= 0.6 is 11.8 Å². The van der Waals surface area contributed by atoms with Crippen molar-refractivity contribution in [2.75, 3.05) is 12.8 Å². The van der Waals surface area contributed by atoms with Crippen molar-refractivity contribution in [2.45, 2.75) is 42.5 Å². The number of rotatable bonds is 5. The molecule has 1 N–H and O–H groups in total. The molecule has 0 radical (unpaired) electrons. The number of halogens is 3. The van der Waals surface area contributed by atoms with E-state index in [-0.39, 0.29) is 18.6 Å². The van der Waals surface area contributed by atoms with E-state index in [1.54, 1.807) is 18.8 Å². The van der Waals surface area contributed by atoms with Crippen molar-refractivity contribution in [3.63, 3.8) is 0 Å². The highest BCUT2D eigenvalue weighted by molar-refractivity contribution is 7.99. The van der Waals surface area contributed by atoms with E-state index >= 15 is 0 Å². The molecule has 0 aliphatic carbocycles. The Balaban J connectivity index is 1.90. The van der Waals surface area contributed by atoms with Gasteiger partial charge in [0.25, 0.3) is 0 Å². The van der Waals surface area contributed by atoms with Gasteiger partial charge in [0, 0.05) is 23.1 Å². The molecule has 0 bridgehead atoms. The summed E-state index contributed by atoms with van der Waals surface area (Å²) in [7, 11) is 1.77. The summed E-state index contributed by atoms with van der Waals surface area (Å²) in [5.41, 5.74) is 0. The van der Waals surface area contributed by atoms with Gasteiger partial charge in [-0.2, -0.15) is 13.2 Å². The highest BCUT2D eigenvalue weighted by Gasteiger charge is 2.30. The molecule has 2 rings (SSSR count). The van der Waals surface area contributed by atoms with Crippen LogP contribution in [0.4, 0.5) is 13.2 Å². The van der Waals surface area contributed by atoms with E-state index < -0.39 is 12.6 Å². The van der Waals surface area contributed by atoms with Crippen LogP contribution in [-0.2, 0) is 0 Å². The summed E-state index contributed by atoms with van der Waals surface area (Å²) in [5.74, 6) is 1.58. The zero-order chi connectivity index (χ0) is 14.6. The van der Waals surface area contributed by atoms with Gasteiger partial charge in [-0.25, -0.2) is 0 Å². The molecule has 6 heteroatoms. The predicted octanol–water partition coefficient (Wildman–Crippen LogP) is 3.86. The second-order valence-corrected chi connectivity index (χ2v) is 5.88. The lowest BCUT2D eigenvalue weighted by atomic mass is 10.0. The first-order chi connectivity index (χ1) is 9.49. The second-order valence-electron chi connectivity index (χ2n) is 4.82. The molecule has 112 valence electrons. The smallest absolute Gasteiger partial charge is 0.389 e. The maximum atomic E-state index is 12.2. The van der Waals surface area contributed by atoms with Gasteiger partial charge in [0.2, 0.25) is 0 Å². The number of alkyl halides is 3. The third-order valence-corrected chi connectivity index (χ3v) is 4.47. The molecule has 2 nitrogen and oxygen atoms in total. The molecule has 0 amide bonds. The molecule has 0 spiro atoms. The Labute approximate surface area is 121 Å². The summed E-state index contributed by atoms with van der Waals surface area (Å²) >= 11 is 1.69. The van der Waals surface area contributed by atoms with Crippen molar-refractivity contribution in [1.29, 1.82) is 0 Å². The third-order valence-electron chi connectivity index (χ3n) is 3.33. The number of thioether (sulfide) groups is 1. The van der Waals surface area contributed by atoms with Crippen LogP contribution in [0.5, 0.6) is 5.75 Å². The Morgan fingerprint density at radius 1 is 1.40 bits per heavy atom. The monoisotopic (exact) mass is 305 g/mol. The largest absolute Gasteiger partial charge is 0.487 e. The van der Waals surface area contributed by atoms with Crippen molar-refractivity contribution in [3.05, 3.63) is 24.3 Å². The standard InChI is InChI=1S/C14H18F3NOS/c1-18-10(5-4-8-14(15,16)17)12-9-20-13-7-3-2-6-11(13)19-12/h2-3,6-7,10,12,18H,4-5,8-9H2,1H3. The first-order valence-corrected chi connectivity index (χ1v) is 7.60. The first kappa shape index (κ1) is 15.5. The summed E-state index contributed by atoms with van der Waals surface area (Å²) in [6.45, 7) is 0. The highest BCUT2D eigenvalue weighted by Crippen LogP contribution is 2.36. The van der Waals surface area contributed by atoms with Gasteiger partial charge < -0.3 is 10.1 Å². The molecule has 0 saturated heterocycles. The van der Waals surface area contributed by atoms with Crippen LogP contribution in [0.1, 0.15) is 19.3 Å². The quantitative estimate of drug-likeness (QED) is 0.892. The van der Waals surface area contributed by atoms with E-state index in [0.29, 0.717) is 6.42 Å². The second kappa shape index (κ2) is 6.72. The van der Waals surface area contributed by atoms with Crippen LogP contribution in [0.2, 0.25) is 0 Å². The van der Waals surface area contributed by atoms with Crippen molar-refractivity contribution in [3.8, 4) is 5.75 Å². The van der Waals surface area contributed by atoms with Crippen molar-refractivity contribution in [2.24, 2.45) is 0 Å². The fourth-order valence-corrected chi connectivity index (χ4v) is 3.35. The molecule has 20 heavy (non-hydrogen) atoms. The van der Waals surface area contributed by atoms with Gasteiger partial charge in [-0.15, -0.1) is 11.8 Å². The molecule has 1 aliphatic heterocycles. The molecular weight excluding hydrogens is 287 g/mol. The average molecular weight is 305 g/mol. The van der Waals surface area contributed by atoms with Gasteiger partial charge in [0.15, 0.2) is 0 Å². The molecule has 1 heterocycles. The summed E-state index contributed by atoms with van der Waals surface area (Å²) in [4.78, 5) is 1.09. The van der Waals surface area contributed by atoms with Gasteiger partial charge in [0.05, 0.1) is 0 Å². The van der Waals surface area contributed by atoms with Gasteiger partial charge in [-0.05, 0) is 32.0 Å². The lowest BCUT2D eigenvalue weighted by Gasteiger charge is -2.31. The number of hydrogen-bond donors (Lipinski definition) is 1. The van der Waals surface area contributed by atoms with Crippen LogP contribution in [0.15, 0.2) is 29.2 Å². The van der Waals surface area contributed by atoms with Gasteiger partial charge >= 0.3 is 6.18 Å². The Morgan fingerprint density at radius 3 is 2.85 bits per heavy atom. The van der Waals surface area contributed by atoms with Crippen molar-refractivity contribution in [1.82, 2.24) is 5.32 Å². The van der Waals surface area contributed by atoms with Gasteiger partial charge in [-0.1, -0.05) is 12.1 Å². The van der Waals surface area contributed by atoms with Crippen LogP contribution in [-0.4, -0.2) is 31.1 Å². The molecule has 2 unspecified atom stereocenters. The zero-order valence-corrected chi connectivity index (χ0v) is 12.1. The topological polar surface area (TPSA) is 21.3 Å². The maximum Gasteiger partial charge on any atom is 0.389 e. The summed E-state index contributed by atoms with van der Waals surface area (Å²) in [6.07, 6.45) is -4.31. The Kier molecular flexibility index (Phi) is 5.21. The normalized spacial score (nSPS) is 20.1. The van der Waals surface area contributed by atoms with Crippen molar-refractivity contribution >= 4 is 11.8 Å².